The highest BCUT2D eigenvalue weighted by molar-refractivity contribution is 6.35. The van der Waals surface area contributed by atoms with Crippen molar-refractivity contribution in [1.29, 1.82) is 0 Å². The van der Waals surface area contributed by atoms with Crippen molar-refractivity contribution in [2.75, 3.05) is 5.32 Å². The second-order valence-electron chi connectivity index (χ2n) is 7.93. The number of carbonyl (C=O) groups excluding carboxylic acids is 1. The molecule has 0 radical (unpaired) electrons. The monoisotopic (exact) mass is 468 g/mol. The van der Waals surface area contributed by atoms with Crippen LogP contribution in [0.4, 0.5) is 14.6 Å². The Morgan fingerprint density at radius 1 is 1.24 bits per heavy atom. The molecule has 1 aromatic carbocycles. The number of nitrogens with one attached hydrogen (secondary N) is 3. The molecule has 33 heavy (non-hydrogen) atoms. The number of alkyl halides is 1. The molecular weight excluding hydrogens is 454 g/mol. The highest BCUT2D eigenvalue weighted by Gasteiger charge is 2.43. The molecule has 3 N–H and O–H groups in total. The Balaban J connectivity index is 1.45. The SMILES string of the molecule is Cc1ncc(-c2c(F)c(Cl)c(-c3cn4cc(NC(=O)[C@@H]5C[C@@H]5F)nc4cn3)c3cn[nH]c23)[nH]1. The number of halogens is 3. The lowest BCUT2D eigenvalue weighted by molar-refractivity contribution is -0.117. The number of imidazole rings is 2. The van der Waals surface area contributed by atoms with Crippen LogP contribution in [0, 0.1) is 18.7 Å². The van der Waals surface area contributed by atoms with E-state index in [2.05, 4.69) is 35.5 Å². The van der Waals surface area contributed by atoms with E-state index in [9.17, 15) is 9.18 Å². The van der Waals surface area contributed by atoms with Crippen molar-refractivity contribution >= 4 is 39.9 Å². The minimum absolute atomic E-state index is 0.116. The number of nitrogens with zero attached hydrogens (tertiary/aromatic N) is 5. The molecule has 0 spiro atoms. The van der Waals surface area contributed by atoms with Gasteiger partial charge in [0.25, 0.3) is 0 Å². The Morgan fingerprint density at radius 2 is 2.06 bits per heavy atom. The van der Waals surface area contributed by atoms with E-state index in [-0.39, 0.29) is 22.8 Å². The first-order valence-corrected chi connectivity index (χ1v) is 10.4. The van der Waals surface area contributed by atoms with Gasteiger partial charge in [-0.2, -0.15) is 5.10 Å². The third kappa shape index (κ3) is 3.15. The number of anilines is 1. The molecule has 166 valence electrons. The maximum atomic E-state index is 15.5. The van der Waals surface area contributed by atoms with Gasteiger partial charge in [0.1, 0.15) is 12.0 Å². The number of rotatable bonds is 4. The maximum Gasteiger partial charge on any atom is 0.231 e. The second-order valence-corrected chi connectivity index (χ2v) is 8.31. The van der Waals surface area contributed by atoms with E-state index < -0.39 is 23.8 Å². The molecule has 0 unspecified atom stereocenters. The summed E-state index contributed by atoms with van der Waals surface area (Å²) >= 11 is 6.50. The highest BCUT2D eigenvalue weighted by atomic mass is 35.5. The maximum absolute atomic E-state index is 15.5. The van der Waals surface area contributed by atoms with Gasteiger partial charge in [-0.15, -0.1) is 0 Å². The number of benzene rings is 1. The number of hydrogen-bond acceptors (Lipinski definition) is 5. The van der Waals surface area contributed by atoms with Crippen molar-refractivity contribution in [3.63, 3.8) is 0 Å². The summed E-state index contributed by atoms with van der Waals surface area (Å²) in [7, 11) is 0. The first-order valence-electron chi connectivity index (χ1n) is 10.1. The van der Waals surface area contributed by atoms with Crippen LogP contribution in [0.1, 0.15) is 12.2 Å². The Bertz CT molecular complexity index is 1570. The topological polar surface area (TPSA) is 117 Å². The molecule has 1 fully saturated rings. The number of fused-ring (bicyclic) bond motifs is 2. The quantitative estimate of drug-likeness (QED) is 0.368. The molecule has 0 aliphatic heterocycles. The van der Waals surface area contributed by atoms with Crippen molar-refractivity contribution in [3.05, 3.63) is 47.6 Å². The lowest BCUT2D eigenvalue weighted by Gasteiger charge is -2.11. The molecule has 5 aromatic rings. The van der Waals surface area contributed by atoms with Crippen molar-refractivity contribution in [2.45, 2.75) is 19.5 Å². The normalized spacial score (nSPS) is 17.7. The van der Waals surface area contributed by atoms with Gasteiger partial charge in [0.05, 0.1) is 58.2 Å². The highest BCUT2D eigenvalue weighted by Crippen LogP contribution is 2.42. The van der Waals surface area contributed by atoms with Crippen LogP contribution in [0.2, 0.25) is 5.02 Å². The zero-order valence-corrected chi connectivity index (χ0v) is 17.8. The smallest absolute Gasteiger partial charge is 0.231 e. The van der Waals surface area contributed by atoms with Crippen molar-refractivity contribution < 1.29 is 13.6 Å². The summed E-state index contributed by atoms with van der Waals surface area (Å²) in [5.41, 5.74) is 2.34. The third-order valence-electron chi connectivity index (χ3n) is 5.66. The molecule has 12 heteroatoms. The average Bonchev–Trinajstić information content (AvgIpc) is 3.16. The van der Waals surface area contributed by atoms with Gasteiger partial charge in [-0.25, -0.2) is 18.7 Å². The standard InChI is InChI=1S/C21H15ClF2N8O/c1-8-25-4-12(28-8)17-19(24)18(22)16(10-3-27-31-20(10)17)13-6-32-7-14(29-15(32)5-26-13)30-21(33)9-2-11(9)23/h3-7,9,11H,2H2,1H3,(H,25,28)(H,27,31)(H,30,33)/t9-,11+/m1/s1. The number of hydrogen-bond donors (Lipinski definition) is 3. The van der Waals surface area contributed by atoms with Gasteiger partial charge in [0.2, 0.25) is 5.91 Å². The molecule has 1 saturated carbocycles. The van der Waals surface area contributed by atoms with E-state index in [0.29, 0.717) is 39.3 Å². The molecule has 0 saturated heterocycles. The van der Waals surface area contributed by atoms with Crippen LogP contribution in [0.3, 0.4) is 0 Å². The largest absolute Gasteiger partial charge is 0.342 e. The van der Waals surface area contributed by atoms with E-state index >= 15 is 4.39 Å². The van der Waals surface area contributed by atoms with Gasteiger partial charge in [-0.05, 0) is 13.3 Å². The number of aromatic amines is 2. The minimum Gasteiger partial charge on any atom is -0.342 e. The van der Waals surface area contributed by atoms with E-state index in [1.807, 2.05) is 0 Å². The molecule has 4 heterocycles. The summed E-state index contributed by atoms with van der Waals surface area (Å²) < 4.78 is 30.2. The van der Waals surface area contributed by atoms with E-state index in [1.165, 1.54) is 12.4 Å². The number of carbonyl (C=O) groups is 1. The number of amides is 1. The van der Waals surface area contributed by atoms with E-state index in [4.69, 9.17) is 11.6 Å². The molecule has 4 aromatic heterocycles. The van der Waals surface area contributed by atoms with Gasteiger partial charge in [0.15, 0.2) is 17.3 Å². The summed E-state index contributed by atoms with van der Waals surface area (Å²) in [5, 5.41) is 9.98. The Labute approximate surface area is 189 Å². The lowest BCUT2D eigenvalue weighted by Crippen LogP contribution is -2.15. The predicted octanol–water partition coefficient (Wildman–Crippen LogP) is 4.06. The zero-order chi connectivity index (χ0) is 22.9. The van der Waals surface area contributed by atoms with Crippen LogP contribution in [0.25, 0.3) is 39.1 Å². The van der Waals surface area contributed by atoms with E-state index in [1.54, 1.807) is 29.9 Å². The minimum atomic E-state index is -1.10. The van der Waals surface area contributed by atoms with E-state index in [0.717, 1.165) is 0 Å². The fourth-order valence-electron chi connectivity index (χ4n) is 3.91. The van der Waals surface area contributed by atoms with Crippen LogP contribution in [-0.4, -0.2) is 46.6 Å². The van der Waals surface area contributed by atoms with Crippen LogP contribution < -0.4 is 5.32 Å². The van der Waals surface area contributed by atoms with Crippen LogP contribution in [0.15, 0.2) is 31.0 Å². The van der Waals surface area contributed by atoms with Gasteiger partial charge >= 0.3 is 0 Å². The molecule has 1 amide bonds. The van der Waals surface area contributed by atoms with Crippen LogP contribution >= 0.6 is 11.6 Å². The lowest BCUT2D eigenvalue weighted by atomic mass is 10.0. The molecular formula is C21H15ClF2N8O. The molecule has 2 atom stereocenters. The van der Waals surface area contributed by atoms with Gasteiger partial charge < -0.3 is 14.7 Å². The summed E-state index contributed by atoms with van der Waals surface area (Å²) in [4.78, 5) is 27.8. The summed E-state index contributed by atoms with van der Waals surface area (Å²) in [6.07, 6.45) is 6.89. The zero-order valence-electron chi connectivity index (χ0n) is 17.0. The first kappa shape index (κ1) is 19.8. The molecule has 9 nitrogen and oxygen atoms in total. The number of H-pyrrole nitrogens is 2. The molecule has 1 aliphatic carbocycles. The molecule has 6 rings (SSSR count). The summed E-state index contributed by atoms with van der Waals surface area (Å²) in [5.74, 6) is -0.770. The summed E-state index contributed by atoms with van der Waals surface area (Å²) in [6.45, 7) is 1.77. The van der Waals surface area contributed by atoms with Crippen molar-refractivity contribution in [2.24, 2.45) is 5.92 Å². The average molecular weight is 469 g/mol. The van der Waals surface area contributed by atoms with Crippen LogP contribution in [0.5, 0.6) is 0 Å². The van der Waals surface area contributed by atoms with Crippen molar-refractivity contribution in [1.82, 2.24) is 34.5 Å². The number of aromatic nitrogens is 7. The Morgan fingerprint density at radius 3 is 2.79 bits per heavy atom. The molecule has 0 bridgehead atoms. The fourth-order valence-corrected chi connectivity index (χ4v) is 4.20. The second kappa shape index (κ2) is 7.07. The van der Waals surface area contributed by atoms with Crippen LogP contribution in [-0.2, 0) is 4.79 Å². The summed E-state index contributed by atoms with van der Waals surface area (Å²) in [6, 6.07) is 0. The Kier molecular flexibility index (Phi) is 4.24. The van der Waals surface area contributed by atoms with Gasteiger partial charge in [-0.3, -0.25) is 14.9 Å². The fraction of sp³-hybridized carbons (Fsp3) is 0.190. The van der Waals surface area contributed by atoms with Crippen molar-refractivity contribution in [3.8, 4) is 22.5 Å². The number of aryl methyl sites for hydroxylation is 1. The van der Waals surface area contributed by atoms with Gasteiger partial charge in [0, 0.05) is 17.1 Å². The third-order valence-corrected chi connectivity index (χ3v) is 6.02. The Hall–Kier alpha value is -3.86. The predicted molar refractivity (Wildman–Crippen MR) is 117 cm³/mol. The first-order chi connectivity index (χ1) is 15.9. The molecule has 1 aliphatic rings. The van der Waals surface area contributed by atoms with Gasteiger partial charge in [-0.1, -0.05) is 11.6 Å².